The number of carboxylic acid groups (broad SMARTS) is 1. The molecule has 0 saturated carbocycles. The fourth-order valence-corrected chi connectivity index (χ4v) is 0.969. The number of aromatic hydroxyl groups is 1. The Kier molecular flexibility index (Phi) is 5.79. The second-order valence-corrected chi connectivity index (χ2v) is 2.80. The van der Waals surface area contributed by atoms with Crippen LogP contribution in [-0.2, 0) is 11.2 Å². The molecule has 0 spiro atoms. The van der Waals surface area contributed by atoms with E-state index in [0.29, 0.717) is 0 Å². The predicted molar refractivity (Wildman–Crippen MR) is 44.8 cm³/mol. The number of carbonyl (C=O) groups is 1. The minimum Gasteiger partial charge on any atom is -0.548 e. The summed E-state index contributed by atoms with van der Waals surface area (Å²) in [5, 5.41) is 19.2. The number of benzene rings is 1. The van der Waals surface area contributed by atoms with Gasteiger partial charge in [0, 0.05) is 6.04 Å². The van der Waals surface area contributed by atoms with E-state index in [-0.39, 0.29) is 41.7 Å². The standard InChI is InChI=1S/C9H11NO3.Na/c10-8(9(12)13)5-6-1-3-7(11)4-2-6;/h1-4,8,11H,5,10H2,(H,12,13);/q;+1/p-1/t8-;/m1./s1. The van der Waals surface area contributed by atoms with Crippen LogP contribution in [0.15, 0.2) is 24.3 Å². The van der Waals surface area contributed by atoms with Crippen molar-refractivity contribution in [1.29, 1.82) is 0 Å². The number of nitrogens with two attached hydrogens (primary N) is 1. The van der Waals surface area contributed by atoms with Crippen molar-refractivity contribution in [3.05, 3.63) is 29.8 Å². The summed E-state index contributed by atoms with van der Waals surface area (Å²) in [4.78, 5) is 10.3. The minimum atomic E-state index is -1.27. The molecule has 5 heteroatoms. The summed E-state index contributed by atoms with van der Waals surface area (Å²) in [7, 11) is 0. The fraction of sp³-hybridized carbons (Fsp3) is 0.222. The zero-order valence-corrected chi connectivity index (χ0v) is 9.93. The van der Waals surface area contributed by atoms with Crippen molar-refractivity contribution >= 4 is 5.97 Å². The van der Waals surface area contributed by atoms with E-state index in [4.69, 9.17) is 10.8 Å². The number of carboxylic acids is 1. The Morgan fingerprint density at radius 2 is 1.93 bits per heavy atom. The molecule has 0 radical (unpaired) electrons. The summed E-state index contributed by atoms with van der Waals surface area (Å²) in [6.07, 6.45) is 0.211. The molecule has 0 fully saturated rings. The van der Waals surface area contributed by atoms with Crippen LogP contribution in [0.4, 0.5) is 0 Å². The van der Waals surface area contributed by atoms with Crippen molar-refractivity contribution in [3.8, 4) is 5.75 Å². The number of hydrogen-bond donors (Lipinski definition) is 2. The monoisotopic (exact) mass is 203 g/mol. The molecule has 1 atom stereocenters. The first-order valence-corrected chi connectivity index (χ1v) is 3.84. The molecule has 0 saturated heterocycles. The number of hydrogen-bond acceptors (Lipinski definition) is 4. The van der Waals surface area contributed by atoms with Crippen molar-refractivity contribution in [2.75, 3.05) is 0 Å². The first-order chi connectivity index (χ1) is 6.09. The Balaban J connectivity index is 0.00000169. The van der Waals surface area contributed by atoms with Crippen LogP contribution in [0.5, 0.6) is 5.75 Å². The molecule has 1 aromatic rings. The van der Waals surface area contributed by atoms with Crippen LogP contribution in [0.1, 0.15) is 5.56 Å². The third-order valence-corrected chi connectivity index (χ3v) is 1.69. The molecule has 0 aromatic heterocycles. The third-order valence-electron chi connectivity index (χ3n) is 1.69. The van der Waals surface area contributed by atoms with Crippen molar-refractivity contribution in [1.82, 2.24) is 0 Å². The molecule has 14 heavy (non-hydrogen) atoms. The first kappa shape index (κ1) is 13.4. The molecule has 0 amide bonds. The van der Waals surface area contributed by atoms with Gasteiger partial charge in [0.15, 0.2) is 0 Å². The van der Waals surface area contributed by atoms with Crippen LogP contribution in [0.25, 0.3) is 0 Å². The maximum atomic E-state index is 10.3. The number of carbonyl (C=O) groups excluding carboxylic acids is 1. The van der Waals surface area contributed by atoms with Crippen LogP contribution in [-0.4, -0.2) is 17.1 Å². The molecule has 1 rings (SSSR count). The molecular weight excluding hydrogens is 193 g/mol. The molecule has 1 aromatic carbocycles. The van der Waals surface area contributed by atoms with Crippen LogP contribution in [0.3, 0.4) is 0 Å². The van der Waals surface area contributed by atoms with Gasteiger partial charge >= 0.3 is 29.6 Å². The fourth-order valence-electron chi connectivity index (χ4n) is 0.969. The summed E-state index contributed by atoms with van der Waals surface area (Å²) < 4.78 is 0. The number of rotatable bonds is 3. The molecule has 0 aliphatic rings. The zero-order chi connectivity index (χ0) is 9.84. The van der Waals surface area contributed by atoms with E-state index in [1.807, 2.05) is 0 Å². The molecule has 0 unspecified atom stereocenters. The normalized spacial score (nSPS) is 11.5. The van der Waals surface area contributed by atoms with Gasteiger partial charge < -0.3 is 20.7 Å². The maximum Gasteiger partial charge on any atom is 1.00 e. The molecule has 0 heterocycles. The summed E-state index contributed by atoms with van der Waals surface area (Å²) in [6.45, 7) is 0. The van der Waals surface area contributed by atoms with Crippen LogP contribution in [0.2, 0.25) is 0 Å². The predicted octanol–water partition coefficient (Wildman–Crippen LogP) is -3.98. The SMILES string of the molecule is N[C@H](Cc1ccc(O)cc1)C(=O)[O-].[Na+]. The van der Waals surface area contributed by atoms with Gasteiger partial charge in [0.25, 0.3) is 0 Å². The molecular formula is C9H10NNaO3. The van der Waals surface area contributed by atoms with Crippen LogP contribution >= 0.6 is 0 Å². The smallest absolute Gasteiger partial charge is 0.548 e. The van der Waals surface area contributed by atoms with Gasteiger partial charge in [0.2, 0.25) is 0 Å². The quantitative estimate of drug-likeness (QED) is 0.490. The second kappa shape index (κ2) is 6.03. The summed E-state index contributed by atoms with van der Waals surface area (Å²) in [6, 6.07) is 5.22. The van der Waals surface area contributed by atoms with Gasteiger partial charge in [0.05, 0.1) is 5.97 Å². The molecule has 0 aliphatic carbocycles. The third kappa shape index (κ3) is 4.11. The second-order valence-electron chi connectivity index (χ2n) is 2.80. The Bertz CT molecular complexity index is 299. The number of aliphatic carboxylic acids is 1. The van der Waals surface area contributed by atoms with Gasteiger partial charge in [-0.3, -0.25) is 0 Å². The largest absolute Gasteiger partial charge is 1.00 e. The van der Waals surface area contributed by atoms with Crippen molar-refractivity contribution in [3.63, 3.8) is 0 Å². The minimum absolute atomic E-state index is 0. The van der Waals surface area contributed by atoms with Gasteiger partial charge in [-0.15, -0.1) is 0 Å². The zero-order valence-electron chi connectivity index (χ0n) is 7.93. The van der Waals surface area contributed by atoms with E-state index in [9.17, 15) is 9.90 Å². The molecule has 0 aliphatic heterocycles. The van der Waals surface area contributed by atoms with E-state index in [1.165, 1.54) is 12.1 Å². The summed E-state index contributed by atoms with van der Waals surface area (Å²) in [5.41, 5.74) is 6.02. The van der Waals surface area contributed by atoms with Crippen molar-refractivity contribution < 1.29 is 44.6 Å². The van der Waals surface area contributed by atoms with E-state index in [2.05, 4.69) is 0 Å². The van der Waals surface area contributed by atoms with Gasteiger partial charge in [-0.2, -0.15) is 0 Å². The molecule has 4 nitrogen and oxygen atoms in total. The van der Waals surface area contributed by atoms with Gasteiger partial charge in [-0.05, 0) is 24.1 Å². The Morgan fingerprint density at radius 1 is 1.43 bits per heavy atom. The van der Waals surface area contributed by atoms with Gasteiger partial charge in [-0.25, -0.2) is 0 Å². The Morgan fingerprint density at radius 3 is 2.36 bits per heavy atom. The molecule has 70 valence electrons. The van der Waals surface area contributed by atoms with Crippen molar-refractivity contribution in [2.24, 2.45) is 5.73 Å². The summed E-state index contributed by atoms with van der Waals surface area (Å²) >= 11 is 0. The van der Waals surface area contributed by atoms with E-state index in [1.54, 1.807) is 12.1 Å². The van der Waals surface area contributed by atoms with Gasteiger partial charge in [-0.1, -0.05) is 12.1 Å². The van der Waals surface area contributed by atoms with Crippen LogP contribution in [0, 0.1) is 0 Å². The topological polar surface area (TPSA) is 86.4 Å². The van der Waals surface area contributed by atoms with Gasteiger partial charge in [0.1, 0.15) is 5.75 Å². The Labute approximate surface area is 104 Å². The average Bonchev–Trinajstić information content (AvgIpc) is 2.08. The number of phenolic OH excluding ortho intramolecular Hbond substituents is 1. The first-order valence-electron chi connectivity index (χ1n) is 3.84. The molecule has 0 bridgehead atoms. The summed E-state index contributed by atoms with van der Waals surface area (Å²) in [5.74, 6) is -1.13. The van der Waals surface area contributed by atoms with E-state index >= 15 is 0 Å². The number of phenols is 1. The Hall–Kier alpha value is -0.550. The maximum absolute atomic E-state index is 10.3. The van der Waals surface area contributed by atoms with E-state index < -0.39 is 12.0 Å². The van der Waals surface area contributed by atoms with E-state index in [0.717, 1.165) is 5.56 Å². The van der Waals surface area contributed by atoms with Crippen molar-refractivity contribution in [2.45, 2.75) is 12.5 Å². The molecule has 3 N–H and O–H groups in total. The average molecular weight is 203 g/mol. The van der Waals surface area contributed by atoms with Crippen LogP contribution < -0.4 is 40.4 Å².